The molecule has 0 amide bonds. The largest absolute Gasteiger partial charge is 0.465 e. The second-order valence-electron chi connectivity index (χ2n) is 5.51. The van der Waals surface area contributed by atoms with Crippen molar-refractivity contribution in [3.63, 3.8) is 0 Å². The molecule has 104 valence electrons. The van der Waals surface area contributed by atoms with Crippen molar-refractivity contribution in [3.05, 3.63) is 34.9 Å². The quantitative estimate of drug-likeness (QED) is 0.338. The standard InChI is InChI=1S/C16H22O3/c1-12-6-5-10-16(2,3)14(12)8-7-13(9-11-17)15(18)19-4/h7-9,11H,5-6,10H2,1-4H3/b8-7+,13-9+. The highest BCUT2D eigenvalue weighted by molar-refractivity contribution is 5.95. The summed E-state index contributed by atoms with van der Waals surface area (Å²) in [6, 6.07) is 0. The Morgan fingerprint density at radius 2 is 2.05 bits per heavy atom. The highest BCUT2D eigenvalue weighted by Crippen LogP contribution is 2.40. The van der Waals surface area contributed by atoms with Gasteiger partial charge in [0.2, 0.25) is 0 Å². The van der Waals surface area contributed by atoms with Gasteiger partial charge in [-0.05, 0) is 49.3 Å². The minimum Gasteiger partial charge on any atom is -0.465 e. The molecular weight excluding hydrogens is 240 g/mol. The minimum atomic E-state index is -0.491. The fourth-order valence-corrected chi connectivity index (χ4v) is 2.57. The van der Waals surface area contributed by atoms with Crippen LogP contribution in [0, 0.1) is 5.41 Å². The van der Waals surface area contributed by atoms with Crippen LogP contribution in [0.15, 0.2) is 34.9 Å². The van der Waals surface area contributed by atoms with Crippen LogP contribution in [0.25, 0.3) is 0 Å². The van der Waals surface area contributed by atoms with Gasteiger partial charge < -0.3 is 4.74 Å². The summed E-state index contributed by atoms with van der Waals surface area (Å²) in [7, 11) is 1.31. The van der Waals surface area contributed by atoms with E-state index in [1.54, 1.807) is 6.08 Å². The minimum absolute atomic E-state index is 0.112. The van der Waals surface area contributed by atoms with Gasteiger partial charge in [0.15, 0.2) is 0 Å². The van der Waals surface area contributed by atoms with E-state index in [9.17, 15) is 9.59 Å². The number of methoxy groups -OCH3 is 1. The van der Waals surface area contributed by atoms with Crippen molar-refractivity contribution >= 4 is 12.3 Å². The van der Waals surface area contributed by atoms with E-state index in [0.717, 1.165) is 12.8 Å². The lowest BCUT2D eigenvalue weighted by Gasteiger charge is -2.32. The predicted octanol–water partition coefficient (Wildman–Crippen LogP) is 3.37. The van der Waals surface area contributed by atoms with Crippen LogP contribution in [0.2, 0.25) is 0 Å². The first kappa shape index (κ1) is 15.4. The van der Waals surface area contributed by atoms with Gasteiger partial charge in [-0.3, -0.25) is 4.79 Å². The fourth-order valence-electron chi connectivity index (χ4n) is 2.57. The van der Waals surface area contributed by atoms with Crippen LogP contribution >= 0.6 is 0 Å². The molecule has 19 heavy (non-hydrogen) atoms. The van der Waals surface area contributed by atoms with Gasteiger partial charge in [0.25, 0.3) is 0 Å². The Morgan fingerprint density at radius 1 is 1.37 bits per heavy atom. The fraction of sp³-hybridized carbons (Fsp3) is 0.500. The van der Waals surface area contributed by atoms with Crippen molar-refractivity contribution in [2.24, 2.45) is 5.41 Å². The molecule has 0 saturated heterocycles. The molecule has 0 saturated carbocycles. The monoisotopic (exact) mass is 262 g/mol. The van der Waals surface area contributed by atoms with E-state index in [1.807, 2.05) is 6.08 Å². The topological polar surface area (TPSA) is 43.4 Å². The molecule has 1 rings (SSSR count). The molecule has 0 aromatic carbocycles. The Hall–Kier alpha value is -1.64. The summed E-state index contributed by atoms with van der Waals surface area (Å²) in [4.78, 5) is 22.0. The molecule has 0 aliphatic heterocycles. The van der Waals surface area contributed by atoms with Crippen molar-refractivity contribution in [2.45, 2.75) is 40.0 Å². The number of esters is 1. The average molecular weight is 262 g/mol. The normalized spacial score (nSPS) is 19.7. The average Bonchev–Trinajstić information content (AvgIpc) is 2.35. The van der Waals surface area contributed by atoms with E-state index in [0.29, 0.717) is 6.29 Å². The predicted molar refractivity (Wildman–Crippen MR) is 75.6 cm³/mol. The molecule has 0 aromatic heterocycles. The molecule has 0 atom stereocenters. The maximum absolute atomic E-state index is 11.5. The van der Waals surface area contributed by atoms with Crippen LogP contribution in [0.3, 0.4) is 0 Å². The third kappa shape index (κ3) is 3.91. The molecule has 0 N–H and O–H groups in total. The number of allylic oxidation sites excluding steroid dienone is 4. The Labute approximate surface area is 115 Å². The summed E-state index contributed by atoms with van der Waals surface area (Å²) in [5.74, 6) is -0.491. The summed E-state index contributed by atoms with van der Waals surface area (Å²) in [6.07, 6.45) is 8.87. The molecule has 0 unspecified atom stereocenters. The lowest BCUT2D eigenvalue weighted by atomic mass is 9.72. The Kier molecular flexibility index (Phi) is 5.28. The SMILES string of the molecule is COC(=O)C(/C=C/C1=C(C)CCCC1(C)C)=C/C=O. The van der Waals surface area contributed by atoms with Gasteiger partial charge in [-0.25, -0.2) is 4.79 Å². The zero-order chi connectivity index (χ0) is 14.5. The van der Waals surface area contributed by atoms with Crippen LogP contribution in [0.5, 0.6) is 0 Å². The second kappa shape index (κ2) is 6.50. The van der Waals surface area contributed by atoms with Gasteiger partial charge in [0.1, 0.15) is 6.29 Å². The van der Waals surface area contributed by atoms with Gasteiger partial charge in [0.05, 0.1) is 12.7 Å². The molecule has 0 fully saturated rings. The number of hydrogen-bond donors (Lipinski definition) is 0. The van der Waals surface area contributed by atoms with Gasteiger partial charge in [-0.2, -0.15) is 0 Å². The van der Waals surface area contributed by atoms with E-state index in [2.05, 4.69) is 25.5 Å². The number of carbonyl (C=O) groups excluding carboxylic acids is 2. The van der Waals surface area contributed by atoms with Crippen LogP contribution < -0.4 is 0 Å². The number of ether oxygens (including phenoxy) is 1. The summed E-state index contributed by atoms with van der Waals surface area (Å²) < 4.78 is 4.65. The maximum Gasteiger partial charge on any atom is 0.337 e. The van der Waals surface area contributed by atoms with Crippen molar-refractivity contribution < 1.29 is 14.3 Å². The van der Waals surface area contributed by atoms with E-state index >= 15 is 0 Å². The summed E-state index contributed by atoms with van der Waals surface area (Å²) in [5, 5.41) is 0. The van der Waals surface area contributed by atoms with Crippen molar-refractivity contribution in [2.75, 3.05) is 7.11 Å². The zero-order valence-corrected chi connectivity index (χ0v) is 12.2. The summed E-state index contributed by atoms with van der Waals surface area (Å²) in [5.41, 5.74) is 2.99. The lowest BCUT2D eigenvalue weighted by Crippen LogP contribution is -2.19. The zero-order valence-electron chi connectivity index (χ0n) is 12.2. The highest BCUT2D eigenvalue weighted by Gasteiger charge is 2.26. The maximum atomic E-state index is 11.5. The molecule has 1 aliphatic carbocycles. The van der Waals surface area contributed by atoms with Gasteiger partial charge in [-0.1, -0.05) is 25.5 Å². The lowest BCUT2D eigenvalue weighted by molar-refractivity contribution is -0.135. The third-order valence-corrected chi connectivity index (χ3v) is 3.64. The van der Waals surface area contributed by atoms with Crippen LogP contribution in [0.4, 0.5) is 0 Å². The molecule has 3 nitrogen and oxygen atoms in total. The number of rotatable bonds is 4. The summed E-state index contributed by atoms with van der Waals surface area (Å²) in [6.45, 7) is 6.54. The Morgan fingerprint density at radius 3 is 2.58 bits per heavy atom. The Bertz CT molecular complexity index is 451. The number of carbonyl (C=O) groups is 2. The van der Waals surface area contributed by atoms with E-state index < -0.39 is 5.97 Å². The second-order valence-corrected chi connectivity index (χ2v) is 5.51. The Balaban J connectivity index is 3.04. The molecule has 0 bridgehead atoms. The number of hydrogen-bond acceptors (Lipinski definition) is 3. The van der Waals surface area contributed by atoms with Crippen LogP contribution in [0.1, 0.15) is 40.0 Å². The first-order valence-electron chi connectivity index (χ1n) is 6.54. The van der Waals surface area contributed by atoms with Gasteiger partial charge in [-0.15, -0.1) is 0 Å². The molecule has 0 aromatic rings. The smallest absolute Gasteiger partial charge is 0.337 e. The van der Waals surface area contributed by atoms with Crippen molar-refractivity contribution in [3.8, 4) is 0 Å². The molecule has 0 spiro atoms. The van der Waals surface area contributed by atoms with Crippen LogP contribution in [-0.2, 0) is 14.3 Å². The first-order chi connectivity index (χ1) is 8.92. The summed E-state index contributed by atoms with van der Waals surface area (Å²) >= 11 is 0. The molecule has 0 heterocycles. The highest BCUT2D eigenvalue weighted by atomic mass is 16.5. The van der Waals surface area contributed by atoms with E-state index in [-0.39, 0.29) is 11.0 Å². The molecule has 3 heteroatoms. The third-order valence-electron chi connectivity index (χ3n) is 3.64. The first-order valence-corrected chi connectivity index (χ1v) is 6.54. The molecule has 0 radical (unpaired) electrons. The van der Waals surface area contributed by atoms with Gasteiger partial charge >= 0.3 is 5.97 Å². The van der Waals surface area contributed by atoms with E-state index in [1.165, 1.54) is 30.8 Å². The van der Waals surface area contributed by atoms with Crippen molar-refractivity contribution in [1.82, 2.24) is 0 Å². The molecule has 1 aliphatic rings. The number of aldehydes is 1. The van der Waals surface area contributed by atoms with Crippen molar-refractivity contribution in [1.29, 1.82) is 0 Å². The van der Waals surface area contributed by atoms with Gasteiger partial charge in [0, 0.05) is 0 Å². The van der Waals surface area contributed by atoms with E-state index in [4.69, 9.17) is 0 Å². The van der Waals surface area contributed by atoms with Crippen LogP contribution in [-0.4, -0.2) is 19.4 Å². The molecular formula is C16H22O3.